The standard InChI is InChI=1S/C14H14BrFN2O3/c15-7-1-3-10(16)11(5-7)17-14(21)18-8-2-4-12(18)9(6-8)13(19)20/h1,3,5,8-9,12H,2,4,6H2,(H,17,21)(H,19,20). The van der Waals surface area contributed by atoms with Gasteiger partial charge in [0.2, 0.25) is 0 Å². The average Bonchev–Trinajstić information content (AvgIpc) is 3.00. The third kappa shape index (κ3) is 2.50. The maximum Gasteiger partial charge on any atom is 0.322 e. The van der Waals surface area contributed by atoms with Crippen molar-refractivity contribution < 1.29 is 19.1 Å². The van der Waals surface area contributed by atoms with E-state index in [-0.39, 0.29) is 17.8 Å². The van der Waals surface area contributed by atoms with Gasteiger partial charge in [-0.15, -0.1) is 0 Å². The normalized spacial score (nSPS) is 27.0. The largest absolute Gasteiger partial charge is 0.481 e. The molecule has 0 saturated carbocycles. The number of carbonyl (C=O) groups is 2. The Labute approximate surface area is 129 Å². The van der Waals surface area contributed by atoms with E-state index in [1.165, 1.54) is 12.1 Å². The SMILES string of the molecule is O=C(O)C1CC2CCC1N2C(=O)Nc1cc(Br)ccc1F. The lowest BCUT2D eigenvalue weighted by molar-refractivity contribution is -0.142. The van der Waals surface area contributed by atoms with E-state index in [2.05, 4.69) is 21.2 Å². The number of aliphatic carboxylic acids is 1. The van der Waals surface area contributed by atoms with Crippen LogP contribution in [0.15, 0.2) is 22.7 Å². The Morgan fingerprint density at radius 3 is 2.81 bits per heavy atom. The van der Waals surface area contributed by atoms with Gasteiger partial charge < -0.3 is 15.3 Å². The highest BCUT2D eigenvalue weighted by Gasteiger charge is 2.51. The van der Waals surface area contributed by atoms with Crippen LogP contribution in [0.3, 0.4) is 0 Å². The van der Waals surface area contributed by atoms with Gasteiger partial charge in [-0.2, -0.15) is 0 Å². The molecule has 2 fully saturated rings. The van der Waals surface area contributed by atoms with Crippen molar-refractivity contribution in [2.24, 2.45) is 5.92 Å². The van der Waals surface area contributed by atoms with E-state index in [0.29, 0.717) is 17.3 Å². The summed E-state index contributed by atoms with van der Waals surface area (Å²) in [5, 5.41) is 11.7. The topological polar surface area (TPSA) is 69.6 Å². The number of carbonyl (C=O) groups excluding carboxylic acids is 1. The first kappa shape index (κ1) is 14.3. The second kappa shape index (κ2) is 5.29. The summed E-state index contributed by atoms with van der Waals surface area (Å²) in [6.45, 7) is 0. The Morgan fingerprint density at radius 1 is 1.38 bits per heavy atom. The molecule has 1 aromatic rings. The molecule has 3 unspecified atom stereocenters. The minimum atomic E-state index is -0.867. The van der Waals surface area contributed by atoms with E-state index < -0.39 is 23.7 Å². The van der Waals surface area contributed by atoms with Gasteiger partial charge in [0.25, 0.3) is 0 Å². The molecule has 2 saturated heterocycles. The maximum atomic E-state index is 13.7. The highest BCUT2D eigenvalue weighted by Crippen LogP contribution is 2.42. The van der Waals surface area contributed by atoms with Crippen LogP contribution in [0.5, 0.6) is 0 Å². The molecule has 2 N–H and O–H groups in total. The number of carboxylic acids is 1. The number of carboxylic acid groups (broad SMARTS) is 1. The number of hydrogen-bond acceptors (Lipinski definition) is 2. The smallest absolute Gasteiger partial charge is 0.322 e. The Morgan fingerprint density at radius 2 is 2.14 bits per heavy atom. The van der Waals surface area contributed by atoms with Crippen molar-refractivity contribution in [1.29, 1.82) is 0 Å². The number of benzene rings is 1. The van der Waals surface area contributed by atoms with Crippen LogP contribution in [0, 0.1) is 11.7 Å². The number of urea groups is 1. The molecule has 2 aliphatic heterocycles. The van der Waals surface area contributed by atoms with Crippen molar-refractivity contribution >= 4 is 33.6 Å². The third-order valence-corrected chi connectivity index (χ3v) is 4.75. The summed E-state index contributed by atoms with van der Waals surface area (Å²) in [7, 11) is 0. The molecule has 0 spiro atoms. The number of nitrogens with one attached hydrogen (secondary N) is 1. The number of rotatable bonds is 2. The highest BCUT2D eigenvalue weighted by molar-refractivity contribution is 9.10. The lowest BCUT2D eigenvalue weighted by atomic mass is 9.89. The summed E-state index contributed by atoms with van der Waals surface area (Å²) in [4.78, 5) is 25.1. The van der Waals surface area contributed by atoms with E-state index in [0.717, 1.165) is 6.42 Å². The van der Waals surface area contributed by atoms with Gasteiger partial charge in [0.15, 0.2) is 0 Å². The zero-order valence-electron chi connectivity index (χ0n) is 11.1. The van der Waals surface area contributed by atoms with Crippen LogP contribution in [0.1, 0.15) is 19.3 Å². The molecule has 3 rings (SSSR count). The van der Waals surface area contributed by atoms with Gasteiger partial charge in [0, 0.05) is 16.6 Å². The molecule has 2 bridgehead atoms. The fraction of sp³-hybridized carbons (Fsp3) is 0.429. The van der Waals surface area contributed by atoms with E-state index in [1.807, 2.05) is 0 Å². The number of amides is 2. The summed E-state index contributed by atoms with van der Waals surface area (Å²) in [6.07, 6.45) is 1.98. The molecule has 5 nitrogen and oxygen atoms in total. The lowest BCUT2D eigenvalue weighted by Gasteiger charge is -2.23. The fourth-order valence-corrected chi connectivity index (χ4v) is 3.70. The van der Waals surface area contributed by atoms with Crippen molar-refractivity contribution in [2.45, 2.75) is 31.3 Å². The van der Waals surface area contributed by atoms with Crippen molar-refractivity contribution in [3.8, 4) is 0 Å². The Kier molecular flexibility index (Phi) is 3.61. The molecule has 2 heterocycles. The Bertz CT molecular complexity index is 610. The molecule has 0 aliphatic carbocycles. The number of hydrogen-bond donors (Lipinski definition) is 2. The molecule has 2 aliphatic rings. The Balaban J connectivity index is 1.77. The minimum Gasteiger partial charge on any atom is -0.481 e. The quantitative estimate of drug-likeness (QED) is 0.855. The van der Waals surface area contributed by atoms with E-state index in [1.54, 1.807) is 11.0 Å². The van der Waals surface area contributed by atoms with Crippen molar-refractivity contribution in [1.82, 2.24) is 4.90 Å². The second-order valence-corrected chi connectivity index (χ2v) is 6.36. The molecule has 2 amide bonds. The average molecular weight is 357 g/mol. The van der Waals surface area contributed by atoms with E-state index >= 15 is 0 Å². The molecule has 0 radical (unpaired) electrons. The van der Waals surface area contributed by atoms with Gasteiger partial charge in [0.05, 0.1) is 11.6 Å². The van der Waals surface area contributed by atoms with Crippen LogP contribution in [-0.4, -0.2) is 34.1 Å². The van der Waals surface area contributed by atoms with Crippen LogP contribution >= 0.6 is 15.9 Å². The predicted molar refractivity (Wildman–Crippen MR) is 77.5 cm³/mol. The summed E-state index contributed by atoms with van der Waals surface area (Å²) in [5.41, 5.74) is 0.0903. The second-order valence-electron chi connectivity index (χ2n) is 5.44. The first-order valence-electron chi connectivity index (χ1n) is 6.74. The number of fused-ring (bicyclic) bond motifs is 2. The van der Waals surface area contributed by atoms with E-state index in [4.69, 9.17) is 0 Å². The first-order chi connectivity index (χ1) is 9.97. The van der Waals surface area contributed by atoms with Gasteiger partial charge >= 0.3 is 12.0 Å². The summed E-state index contributed by atoms with van der Waals surface area (Å²) in [5.74, 6) is -1.90. The van der Waals surface area contributed by atoms with Gasteiger partial charge in [-0.1, -0.05) is 15.9 Å². The van der Waals surface area contributed by atoms with Gasteiger partial charge in [-0.3, -0.25) is 4.79 Å². The summed E-state index contributed by atoms with van der Waals surface area (Å²) >= 11 is 3.23. The van der Waals surface area contributed by atoms with Crippen molar-refractivity contribution in [3.63, 3.8) is 0 Å². The lowest BCUT2D eigenvalue weighted by Crippen LogP contribution is -2.40. The molecule has 3 atom stereocenters. The molecular formula is C14H14BrFN2O3. The highest BCUT2D eigenvalue weighted by atomic mass is 79.9. The Hall–Kier alpha value is -1.63. The number of nitrogens with zero attached hydrogens (tertiary/aromatic N) is 1. The molecular weight excluding hydrogens is 343 g/mol. The van der Waals surface area contributed by atoms with Crippen LogP contribution in [-0.2, 0) is 4.79 Å². The molecule has 112 valence electrons. The van der Waals surface area contributed by atoms with Crippen molar-refractivity contribution in [2.75, 3.05) is 5.32 Å². The number of anilines is 1. The van der Waals surface area contributed by atoms with Crippen LogP contribution in [0.4, 0.5) is 14.9 Å². The zero-order valence-corrected chi connectivity index (χ0v) is 12.6. The van der Waals surface area contributed by atoms with E-state index in [9.17, 15) is 19.1 Å². The molecule has 0 aromatic heterocycles. The number of halogens is 2. The summed E-state index contributed by atoms with van der Waals surface area (Å²) < 4.78 is 14.3. The maximum absolute atomic E-state index is 13.7. The van der Waals surface area contributed by atoms with Crippen molar-refractivity contribution in [3.05, 3.63) is 28.5 Å². The van der Waals surface area contributed by atoms with Gasteiger partial charge in [-0.05, 0) is 37.5 Å². The zero-order chi connectivity index (χ0) is 15.1. The van der Waals surface area contributed by atoms with Crippen LogP contribution in [0.2, 0.25) is 0 Å². The summed E-state index contributed by atoms with van der Waals surface area (Å²) in [6, 6.07) is 3.51. The third-order valence-electron chi connectivity index (χ3n) is 4.26. The monoisotopic (exact) mass is 356 g/mol. The first-order valence-corrected chi connectivity index (χ1v) is 7.54. The molecule has 1 aromatic carbocycles. The predicted octanol–water partition coefficient (Wildman–Crippen LogP) is 3.06. The molecule has 21 heavy (non-hydrogen) atoms. The molecule has 7 heteroatoms. The van der Waals surface area contributed by atoms with Gasteiger partial charge in [-0.25, -0.2) is 9.18 Å². The fourth-order valence-electron chi connectivity index (χ4n) is 3.34. The van der Waals surface area contributed by atoms with Crippen LogP contribution < -0.4 is 5.32 Å². The minimum absolute atomic E-state index is 0.0636. The van der Waals surface area contributed by atoms with Gasteiger partial charge in [0.1, 0.15) is 5.82 Å². The van der Waals surface area contributed by atoms with Crippen LogP contribution in [0.25, 0.3) is 0 Å².